The van der Waals surface area contributed by atoms with Crippen LogP contribution in [0.5, 0.6) is 0 Å². The summed E-state index contributed by atoms with van der Waals surface area (Å²) in [6.07, 6.45) is -2.53. The number of thiol groups is 1. The van der Waals surface area contributed by atoms with Crippen molar-refractivity contribution in [1.29, 1.82) is 0 Å². The number of hydrogen-bond acceptors (Lipinski definition) is 1. The van der Waals surface area contributed by atoms with Crippen LogP contribution >= 0.6 is 35.8 Å². The molecule has 0 aliphatic rings. The highest BCUT2D eigenvalue weighted by Crippen LogP contribution is 2.30. The average Bonchev–Trinajstić information content (AvgIpc) is 2.01. The van der Waals surface area contributed by atoms with E-state index < -0.39 is 11.7 Å². The molecule has 0 unspecified atom stereocenters. The fraction of sp³-hybridized carbons (Fsp3) is 0.250. The standard InChI is InChI=1S/C8H6Cl2F2S/c9-5-1-4(2-6(10)3-5)7(13)8(11)12/h1-3,7-8,13H/t7-/m0/s1. The molecule has 0 saturated heterocycles. The van der Waals surface area contributed by atoms with Crippen molar-refractivity contribution in [3.05, 3.63) is 33.8 Å². The first-order valence-corrected chi connectivity index (χ1v) is 4.70. The van der Waals surface area contributed by atoms with Crippen molar-refractivity contribution < 1.29 is 8.78 Å². The maximum Gasteiger partial charge on any atom is 0.254 e. The van der Waals surface area contributed by atoms with Crippen LogP contribution in [-0.4, -0.2) is 6.43 Å². The van der Waals surface area contributed by atoms with Gasteiger partial charge in [0.15, 0.2) is 0 Å². The number of rotatable bonds is 2. The van der Waals surface area contributed by atoms with Crippen LogP contribution in [0.25, 0.3) is 0 Å². The molecule has 0 heterocycles. The van der Waals surface area contributed by atoms with Crippen molar-refractivity contribution in [3.8, 4) is 0 Å². The van der Waals surface area contributed by atoms with Gasteiger partial charge in [0.25, 0.3) is 6.43 Å². The molecule has 1 aromatic carbocycles. The molecule has 0 bridgehead atoms. The van der Waals surface area contributed by atoms with Gasteiger partial charge in [0.2, 0.25) is 0 Å². The predicted molar refractivity (Wildman–Crippen MR) is 54.2 cm³/mol. The maximum absolute atomic E-state index is 12.2. The van der Waals surface area contributed by atoms with Gasteiger partial charge in [-0.05, 0) is 23.8 Å². The molecule has 0 aliphatic heterocycles. The molecule has 0 saturated carbocycles. The minimum absolute atomic E-state index is 0.329. The summed E-state index contributed by atoms with van der Waals surface area (Å²) in [5.74, 6) is 0. The van der Waals surface area contributed by atoms with Gasteiger partial charge in [-0.3, -0.25) is 0 Å². The van der Waals surface area contributed by atoms with Gasteiger partial charge >= 0.3 is 0 Å². The van der Waals surface area contributed by atoms with E-state index in [4.69, 9.17) is 23.2 Å². The van der Waals surface area contributed by atoms with E-state index in [1.54, 1.807) is 0 Å². The lowest BCUT2D eigenvalue weighted by Crippen LogP contribution is -2.01. The van der Waals surface area contributed by atoms with Gasteiger partial charge in [-0.25, -0.2) is 8.78 Å². The summed E-state index contributed by atoms with van der Waals surface area (Å²) in [7, 11) is 0. The van der Waals surface area contributed by atoms with E-state index in [0.717, 1.165) is 0 Å². The van der Waals surface area contributed by atoms with Crippen LogP contribution in [0, 0.1) is 0 Å². The first-order valence-electron chi connectivity index (χ1n) is 3.43. The van der Waals surface area contributed by atoms with Gasteiger partial charge in [0.05, 0.1) is 5.25 Å². The molecule has 1 atom stereocenters. The molecular weight excluding hydrogens is 237 g/mol. The van der Waals surface area contributed by atoms with Gasteiger partial charge in [0, 0.05) is 10.0 Å². The van der Waals surface area contributed by atoms with Gasteiger partial charge in [-0.15, -0.1) is 0 Å². The molecule has 1 aromatic rings. The minimum Gasteiger partial charge on any atom is -0.209 e. The Bertz CT molecular complexity index is 284. The maximum atomic E-state index is 12.2. The van der Waals surface area contributed by atoms with Crippen LogP contribution in [0.3, 0.4) is 0 Å². The number of halogens is 4. The first kappa shape index (κ1) is 11.1. The lowest BCUT2D eigenvalue weighted by atomic mass is 10.1. The lowest BCUT2D eigenvalue weighted by Gasteiger charge is -2.10. The van der Waals surface area contributed by atoms with E-state index in [2.05, 4.69) is 12.6 Å². The SMILES string of the molecule is FC(F)[C@@H](S)c1cc(Cl)cc(Cl)c1. The Morgan fingerprint density at radius 2 is 1.54 bits per heavy atom. The fourth-order valence-electron chi connectivity index (χ4n) is 0.891. The van der Waals surface area contributed by atoms with Crippen LogP contribution in [0.4, 0.5) is 8.78 Å². The Kier molecular flexibility index (Phi) is 3.83. The zero-order valence-corrected chi connectivity index (χ0v) is 8.75. The topological polar surface area (TPSA) is 0 Å². The number of alkyl halides is 2. The van der Waals surface area contributed by atoms with Crippen LogP contribution in [0.2, 0.25) is 10.0 Å². The quantitative estimate of drug-likeness (QED) is 0.738. The fourth-order valence-corrected chi connectivity index (χ4v) is 1.58. The van der Waals surface area contributed by atoms with Crippen LogP contribution in [-0.2, 0) is 0 Å². The Hall–Kier alpha value is 0.01000. The highest BCUT2D eigenvalue weighted by atomic mass is 35.5. The lowest BCUT2D eigenvalue weighted by molar-refractivity contribution is 0.146. The highest BCUT2D eigenvalue weighted by molar-refractivity contribution is 7.80. The molecule has 0 fully saturated rings. The Balaban J connectivity index is 3.01. The normalized spacial score (nSPS) is 13.4. The van der Waals surface area contributed by atoms with E-state index in [9.17, 15) is 8.78 Å². The summed E-state index contributed by atoms with van der Waals surface area (Å²) in [6, 6.07) is 4.34. The molecular formula is C8H6Cl2F2S. The summed E-state index contributed by atoms with van der Waals surface area (Å²) in [5, 5.41) is -0.472. The van der Waals surface area contributed by atoms with Crippen molar-refractivity contribution in [3.63, 3.8) is 0 Å². The second-order valence-corrected chi connectivity index (χ2v) is 3.91. The van der Waals surface area contributed by atoms with Crippen molar-refractivity contribution in [2.75, 3.05) is 0 Å². The third-order valence-corrected chi connectivity index (χ3v) is 2.43. The summed E-state index contributed by atoms with van der Waals surface area (Å²) in [4.78, 5) is 0. The van der Waals surface area contributed by atoms with E-state index in [1.807, 2.05) is 0 Å². The molecule has 0 N–H and O–H groups in total. The van der Waals surface area contributed by atoms with E-state index in [-0.39, 0.29) is 0 Å². The second-order valence-electron chi connectivity index (χ2n) is 2.48. The predicted octanol–water partition coefficient (Wildman–Crippen LogP) is 4.23. The van der Waals surface area contributed by atoms with Gasteiger partial charge in [0.1, 0.15) is 0 Å². The monoisotopic (exact) mass is 242 g/mol. The molecule has 0 spiro atoms. The summed E-state index contributed by atoms with van der Waals surface area (Å²) < 4.78 is 24.4. The molecule has 5 heteroatoms. The van der Waals surface area contributed by atoms with Crippen molar-refractivity contribution >= 4 is 35.8 Å². The largest absolute Gasteiger partial charge is 0.254 e. The van der Waals surface area contributed by atoms with E-state index >= 15 is 0 Å². The molecule has 72 valence electrons. The van der Waals surface area contributed by atoms with Crippen molar-refractivity contribution in [2.45, 2.75) is 11.7 Å². The highest BCUT2D eigenvalue weighted by Gasteiger charge is 2.18. The zero-order valence-electron chi connectivity index (χ0n) is 6.35. The number of benzene rings is 1. The summed E-state index contributed by atoms with van der Waals surface area (Å²) in [6.45, 7) is 0. The molecule has 13 heavy (non-hydrogen) atoms. The Morgan fingerprint density at radius 3 is 1.92 bits per heavy atom. The van der Waals surface area contributed by atoms with Gasteiger partial charge < -0.3 is 0 Å². The Morgan fingerprint density at radius 1 is 1.08 bits per heavy atom. The minimum atomic E-state index is -2.53. The van der Waals surface area contributed by atoms with E-state index in [1.165, 1.54) is 18.2 Å². The molecule has 1 rings (SSSR count). The molecule has 0 aliphatic carbocycles. The van der Waals surface area contributed by atoms with Crippen LogP contribution in [0.15, 0.2) is 18.2 Å². The smallest absolute Gasteiger partial charge is 0.209 e. The summed E-state index contributed by atoms with van der Waals surface area (Å²) >= 11 is 15.0. The molecule has 0 aromatic heterocycles. The van der Waals surface area contributed by atoms with Gasteiger partial charge in [-0.1, -0.05) is 23.2 Å². The zero-order chi connectivity index (χ0) is 10.0. The van der Waals surface area contributed by atoms with Crippen molar-refractivity contribution in [2.24, 2.45) is 0 Å². The first-order chi connectivity index (χ1) is 6.00. The van der Waals surface area contributed by atoms with Gasteiger partial charge in [-0.2, -0.15) is 12.6 Å². The second kappa shape index (κ2) is 4.49. The molecule has 0 amide bonds. The molecule has 0 radical (unpaired) electrons. The average molecular weight is 243 g/mol. The van der Waals surface area contributed by atoms with E-state index in [0.29, 0.717) is 15.6 Å². The third-order valence-electron chi connectivity index (χ3n) is 1.47. The number of hydrogen-bond donors (Lipinski definition) is 1. The van der Waals surface area contributed by atoms with Crippen molar-refractivity contribution in [1.82, 2.24) is 0 Å². The third kappa shape index (κ3) is 3.01. The van der Waals surface area contributed by atoms with Crippen LogP contribution in [0.1, 0.15) is 10.8 Å². The summed E-state index contributed by atoms with van der Waals surface area (Å²) in [5.41, 5.74) is 0.329. The Labute approximate surface area is 90.3 Å². The molecule has 0 nitrogen and oxygen atoms in total. The van der Waals surface area contributed by atoms with Crippen LogP contribution < -0.4 is 0 Å².